The van der Waals surface area contributed by atoms with Gasteiger partial charge in [-0.15, -0.1) is 0 Å². The highest BCUT2D eigenvalue weighted by Crippen LogP contribution is 2.22. The topological polar surface area (TPSA) is 44.5 Å². The van der Waals surface area contributed by atoms with Gasteiger partial charge in [0.2, 0.25) is 0 Å². The molecule has 0 fully saturated rings. The summed E-state index contributed by atoms with van der Waals surface area (Å²) in [6.45, 7) is 2.43. The second-order valence-electron chi connectivity index (χ2n) is 4.50. The first-order chi connectivity index (χ1) is 9.60. The fraction of sp³-hybridized carbons (Fsp3) is 0.188. The van der Waals surface area contributed by atoms with Crippen molar-refractivity contribution in [3.63, 3.8) is 0 Å². The lowest BCUT2D eigenvalue weighted by molar-refractivity contribution is 0.304. The van der Waals surface area contributed by atoms with Crippen LogP contribution >= 0.6 is 12.2 Å². The summed E-state index contributed by atoms with van der Waals surface area (Å²) >= 11 is 5.06. The van der Waals surface area contributed by atoms with E-state index in [1.165, 1.54) is 0 Å². The van der Waals surface area contributed by atoms with Gasteiger partial charge in [0, 0.05) is 0 Å². The van der Waals surface area contributed by atoms with E-state index in [1.807, 2.05) is 49.4 Å². The molecule has 2 aromatic rings. The average molecular weight is 287 g/mol. The van der Waals surface area contributed by atoms with Crippen molar-refractivity contribution >= 4 is 17.2 Å². The molecule has 0 amide bonds. The van der Waals surface area contributed by atoms with Crippen LogP contribution in [0.4, 0.5) is 0 Å². The van der Waals surface area contributed by atoms with Crippen LogP contribution in [-0.2, 0) is 6.61 Å². The first kappa shape index (κ1) is 14.3. The van der Waals surface area contributed by atoms with Crippen molar-refractivity contribution in [1.29, 1.82) is 0 Å². The largest absolute Gasteiger partial charge is 0.497 e. The third kappa shape index (κ3) is 3.48. The Bertz CT molecular complexity index is 626. The van der Waals surface area contributed by atoms with Gasteiger partial charge in [0.25, 0.3) is 0 Å². The molecular formula is C16H17NO2S. The van der Waals surface area contributed by atoms with Gasteiger partial charge in [0.1, 0.15) is 23.1 Å². The summed E-state index contributed by atoms with van der Waals surface area (Å²) in [6, 6.07) is 13.6. The predicted molar refractivity (Wildman–Crippen MR) is 84.4 cm³/mol. The molecule has 0 aromatic heterocycles. The zero-order chi connectivity index (χ0) is 14.5. The molecule has 0 aliphatic rings. The van der Waals surface area contributed by atoms with Crippen LogP contribution in [0, 0.1) is 6.92 Å². The van der Waals surface area contributed by atoms with Crippen LogP contribution in [0.1, 0.15) is 16.7 Å². The molecular weight excluding hydrogens is 270 g/mol. The number of ether oxygens (including phenoxy) is 2. The quantitative estimate of drug-likeness (QED) is 0.858. The molecule has 0 radical (unpaired) electrons. The highest BCUT2D eigenvalue weighted by molar-refractivity contribution is 7.80. The third-order valence-electron chi connectivity index (χ3n) is 2.93. The number of aryl methyl sites for hydroxylation is 1. The molecule has 0 aliphatic carbocycles. The lowest BCUT2D eigenvalue weighted by atomic mass is 10.1. The van der Waals surface area contributed by atoms with E-state index in [1.54, 1.807) is 7.11 Å². The van der Waals surface area contributed by atoms with Gasteiger partial charge in [-0.3, -0.25) is 0 Å². The maximum atomic E-state index is 5.82. The summed E-state index contributed by atoms with van der Waals surface area (Å²) in [4.78, 5) is 0.342. The van der Waals surface area contributed by atoms with Crippen LogP contribution in [0.25, 0.3) is 0 Å². The van der Waals surface area contributed by atoms with E-state index in [2.05, 4.69) is 0 Å². The predicted octanol–water partition coefficient (Wildman–Crippen LogP) is 3.22. The molecule has 2 aromatic carbocycles. The standard InChI is InChI=1S/C16H17NO2S/c1-11-6-7-15(14(8-11)16(17)20)19-10-12-4-3-5-13(9-12)18-2/h3-9H,10H2,1-2H3,(H2,17,20). The van der Waals surface area contributed by atoms with Crippen LogP contribution in [-0.4, -0.2) is 12.1 Å². The minimum Gasteiger partial charge on any atom is -0.497 e. The minimum atomic E-state index is 0.342. The first-order valence-corrected chi connectivity index (χ1v) is 6.67. The van der Waals surface area contributed by atoms with Crippen LogP contribution in [0.3, 0.4) is 0 Å². The van der Waals surface area contributed by atoms with E-state index in [0.29, 0.717) is 17.3 Å². The maximum absolute atomic E-state index is 5.82. The molecule has 104 valence electrons. The normalized spacial score (nSPS) is 10.1. The van der Waals surface area contributed by atoms with Gasteiger partial charge >= 0.3 is 0 Å². The Morgan fingerprint density at radius 3 is 2.70 bits per heavy atom. The highest BCUT2D eigenvalue weighted by atomic mass is 32.1. The van der Waals surface area contributed by atoms with Crippen molar-refractivity contribution in [3.8, 4) is 11.5 Å². The van der Waals surface area contributed by atoms with Gasteiger partial charge in [-0.1, -0.05) is 36.0 Å². The van der Waals surface area contributed by atoms with Crippen molar-refractivity contribution in [2.24, 2.45) is 5.73 Å². The molecule has 2 rings (SSSR count). The Hall–Kier alpha value is -2.07. The minimum absolute atomic E-state index is 0.342. The molecule has 3 nitrogen and oxygen atoms in total. The van der Waals surface area contributed by atoms with Crippen LogP contribution in [0.15, 0.2) is 42.5 Å². The summed E-state index contributed by atoms with van der Waals surface area (Å²) in [6.07, 6.45) is 0. The lowest BCUT2D eigenvalue weighted by Gasteiger charge is -2.12. The molecule has 0 bridgehead atoms. The van der Waals surface area contributed by atoms with Gasteiger partial charge in [-0.2, -0.15) is 0 Å². The van der Waals surface area contributed by atoms with Crippen LogP contribution in [0.2, 0.25) is 0 Å². The number of nitrogens with two attached hydrogens (primary N) is 1. The Morgan fingerprint density at radius 2 is 2.00 bits per heavy atom. The second kappa shape index (κ2) is 6.39. The van der Waals surface area contributed by atoms with E-state index in [0.717, 1.165) is 22.4 Å². The SMILES string of the molecule is COc1cccc(COc2ccc(C)cc2C(N)=S)c1. The zero-order valence-corrected chi connectivity index (χ0v) is 12.4. The number of hydrogen-bond acceptors (Lipinski definition) is 3. The van der Waals surface area contributed by atoms with E-state index in [4.69, 9.17) is 27.4 Å². The number of hydrogen-bond donors (Lipinski definition) is 1. The molecule has 4 heteroatoms. The summed E-state index contributed by atoms with van der Waals surface area (Å²) < 4.78 is 11.0. The lowest BCUT2D eigenvalue weighted by Crippen LogP contribution is -2.12. The van der Waals surface area contributed by atoms with Gasteiger partial charge in [-0.05, 0) is 36.8 Å². The molecule has 0 aliphatic heterocycles. The molecule has 2 N–H and O–H groups in total. The Balaban J connectivity index is 2.16. The van der Waals surface area contributed by atoms with Gasteiger partial charge in [0.05, 0.1) is 12.7 Å². The smallest absolute Gasteiger partial charge is 0.130 e. The number of methoxy groups -OCH3 is 1. The second-order valence-corrected chi connectivity index (χ2v) is 4.94. The van der Waals surface area contributed by atoms with Crippen LogP contribution in [0.5, 0.6) is 11.5 Å². The number of thiocarbonyl (C=S) groups is 1. The van der Waals surface area contributed by atoms with Crippen LogP contribution < -0.4 is 15.2 Å². The Labute approximate surface area is 124 Å². The maximum Gasteiger partial charge on any atom is 0.130 e. The van der Waals surface area contributed by atoms with Gasteiger partial charge < -0.3 is 15.2 Å². The summed E-state index contributed by atoms with van der Waals surface area (Å²) in [5.74, 6) is 1.51. The zero-order valence-electron chi connectivity index (χ0n) is 11.6. The summed E-state index contributed by atoms with van der Waals surface area (Å²) in [5.41, 5.74) is 8.62. The molecule has 0 saturated carbocycles. The van der Waals surface area contributed by atoms with E-state index < -0.39 is 0 Å². The average Bonchev–Trinajstić information content (AvgIpc) is 2.46. The Morgan fingerprint density at radius 1 is 1.20 bits per heavy atom. The van der Waals surface area contributed by atoms with Crippen molar-refractivity contribution in [2.75, 3.05) is 7.11 Å². The molecule has 0 saturated heterocycles. The van der Waals surface area contributed by atoms with E-state index >= 15 is 0 Å². The third-order valence-corrected chi connectivity index (χ3v) is 3.15. The van der Waals surface area contributed by atoms with E-state index in [-0.39, 0.29) is 0 Å². The number of benzene rings is 2. The molecule has 0 heterocycles. The summed E-state index contributed by atoms with van der Waals surface area (Å²) in [7, 11) is 1.64. The monoisotopic (exact) mass is 287 g/mol. The van der Waals surface area contributed by atoms with Crippen molar-refractivity contribution in [2.45, 2.75) is 13.5 Å². The summed E-state index contributed by atoms with van der Waals surface area (Å²) in [5, 5.41) is 0. The fourth-order valence-electron chi connectivity index (χ4n) is 1.89. The molecule has 20 heavy (non-hydrogen) atoms. The van der Waals surface area contributed by atoms with Crippen molar-refractivity contribution in [1.82, 2.24) is 0 Å². The van der Waals surface area contributed by atoms with Gasteiger partial charge in [0.15, 0.2) is 0 Å². The molecule has 0 spiro atoms. The van der Waals surface area contributed by atoms with Gasteiger partial charge in [-0.25, -0.2) is 0 Å². The van der Waals surface area contributed by atoms with Crippen molar-refractivity contribution < 1.29 is 9.47 Å². The van der Waals surface area contributed by atoms with Crippen molar-refractivity contribution in [3.05, 3.63) is 59.2 Å². The van der Waals surface area contributed by atoms with E-state index in [9.17, 15) is 0 Å². The Kier molecular flexibility index (Phi) is 4.58. The fourth-order valence-corrected chi connectivity index (χ4v) is 2.05. The molecule has 0 unspecified atom stereocenters. The highest BCUT2D eigenvalue weighted by Gasteiger charge is 2.07. The first-order valence-electron chi connectivity index (χ1n) is 6.26. The number of rotatable bonds is 5. The molecule has 0 atom stereocenters.